The molecule has 126 valence electrons. The Balaban J connectivity index is 1.96. The Morgan fingerprint density at radius 2 is 2.04 bits per heavy atom. The predicted molar refractivity (Wildman–Crippen MR) is 93.5 cm³/mol. The summed E-state index contributed by atoms with van der Waals surface area (Å²) in [5, 5.41) is 9.94. The molecule has 8 heteroatoms. The minimum atomic E-state index is 0.284. The van der Waals surface area contributed by atoms with Gasteiger partial charge in [-0.05, 0) is 36.9 Å². The zero-order valence-electron chi connectivity index (χ0n) is 13.8. The quantitative estimate of drug-likeness (QED) is 0.470. The Morgan fingerprint density at radius 1 is 1.24 bits per heavy atom. The van der Waals surface area contributed by atoms with Crippen LogP contribution < -0.4 is 9.64 Å². The van der Waals surface area contributed by atoms with Gasteiger partial charge in [-0.1, -0.05) is 0 Å². The summed E-state index contributed by atoms with van der Waals surface area (Å²) in [6, 6.07) is 3.56. The molecule has 2 aromatic heterocycles. The van der Waals surface area contributed by atoms with Crippen molar-refractivity contribution in [1.29, 1.82) is 5.26 Å². The second kappa shape index (κ2) is 7.82. The number of terminal acetylenes is 1. The van der Waals surface area contributed by atoms with E-state index in [0.29, 0.717) is 21.8 Å². The third-order valence-corrected chi connectivity index (χ3v) is 4.58. The summed E-state index contributed by atoms with van der Waals surface area (Å²) in [5.74, 6) is 3.11. The van der Waals surface area contributed by atoms with E-state index in [9.17, 15) is 0 Å². The molecule has 7 nitrogen and oxygen atoms in total. The van der Waals surface area contributed by atoms with Gasteiger partial charge in [-0.2, -0.15) is 10.2 Å². The number of anilines is 1. The third-order valence-electron chi connectivity index (χ3n) is 3.79. The number of nitrogens with zero attached hydrogens (tertiary/aromatic N) is 6. The monoisotopic (exact) mass is 352 g/mol. The minimum absolute atomic E-state index is 0.284. The van der Waals surface area contributed by atoms with Crippen LogP contribution in [0.4, 0.5) is 5.69 Å². The molecular formula is C17H16N6OS. The second-order valence-corrected chi connectivity index (χ2v) is 6.35. The number of hydrogen-bond acceptors (Lipinski definition) is 8. The first-order chi connectivity index (χ1) is 12.2. The molecule has 3 heterocycles. The van der Waals surface area contributed by atoms with Crippen LogP contribution in [0.3, 0.4) is 0 Å². The highest BCUT2D eigenvalue weighted by Gasteiger charge is 2.22. The van der Waals surface area contributed by atoms with Gasteiger partial charge in [-0.25, -0.2) is 15.0 Å². The molecule has 0 atom stereocenters. The highest BCUT2D eigenvalue weighted by Crippen LogP contribution is 2.34. The fourth-order valence-corrected chi connectivity index (χ4v) is 3.38. The lowest BCUT2D eigenvalue weighted by molar-refractivity contribution is 0.390. The largest absolute Gasteiger partial charge is 0.479 e. The van der Waals surface area contributed by atoms with Gasteiger partial charge in [0.1, 0.15) is 34.5 Å². The molecule has 0 N–H and O–H groups in total. The van der Waals surface area contributed by atoms with E-state index in [0.717, 1.165) is 31.6 Å². The highest BCUT2D eigenvalue weighted by molar-refractivity contribution is 7.99. The van der Waals surface area contributed by atoms with Crippen LogP contribution in [0.1, 0.15) is 30.7 Å². The summed E-state index contributed by atoms with van der Waals surface area (Å²) in [6.45, 7) is 1.83. The molecule has 0 aromatic carbocycles. The summed E-state index contributed by atoms with van der Waals surface area (Å²) in [7, 11) is 1.57. The van der Waals surface area contributed by atoms with Crippen molar-refractivity contribution in [2.24, 2.45) is 0 Å². The zero-order valence-corrected chi connectivity index (χ0v) is 14.6. The molecule has 0 unspecified atom stereocenters. The van der Waals surface area contributed by atoms with E-state index in [1.165, 1.54) is 24.5 Å². The van der Waals surface area contributed by atoms with Gasteiger partial charge in [0.2, 0.25) is 5.88 Å². The van der Waals surface area contributed by atoms with Crippen LogP contribution in [0, 0.1) is 23.7 Å². The molecule has 2 aromatic rings. The number of ether oxygens (including phenoxy) is 1. The van der Waals surface area contributed by atoms with Crippen molar-refractivity contribution < 1.29 is 4.74 Å². The molecule has 1 saturated heterocycles. The number of methoxy groups -OCH3 is 1. The maximum atomic E-state index is 8.94. The maximum absolute atomic E-state index is 8.94. The Hall–Kier alpha value is -2.84. The van der Waals surface area contributed by atoms with Gasteiger partial charge in [0, 0.05) is 19.2 Å². The topological polar surface area (TPSA) is 87.8 Å². The van der Waals surface area contributed by atoms with Gasteiger partial charge in [0.05, 0.1) is 7.11 Å². The van der Waals surface area contributed by atoms with Gasteiger partial charge in [0.15, 0.2) is 5.16 Å². The molecular weight excluding hydrogens is 336 g/mol. The standard InChI is InChI=1S/C17H16N6OS/c1-3-13-15(23-7-5-4-6-8-23)16(24-2)22-17(21-13)25-14-9-12(10-18)19-11-20-14/h1,9,11H,4-8H2,2H3. The molecule has 1 aliphatic heterocycles. The minimum Gasteiger partial charge on any atom is -0.479 e. The van der Waals surface area contributed by atoms with Crippen LogP contribution in [0.25, 0.3) is 0 Å². The van der Waals surface area contributed by atoms with E-state index < -0.39 is 0 Å². The number of rotatable bonds is 4. The summed E-state index contributed by atoms with van der Waals surface area (Å²) >= 11 is 1.21. The number of piperidine rings is 1. The SMILES string of the molecule is C#Cc1nc(Sc2cc(C#N)ncn2)nc(OC)c1N1CCCCC1. The molecule has 0 bridgehead atoms. The van der Waals surface area contributed by atoms with Crippen molar-refractivity contribution in [2.75, 3.05) is 25.1 Å². The first-order valence-electron chi connectivity index (χ1n) is 7.82. The van der Waals surface area contributed by atoms with Gasteiger partial charge in [-0.15, -0.1) is 6.42 Å². The zero-order chi connectivity index (χ0) is 17.6. The molecule has 0 radical (unpaired) electrons. The molecule has 3 rings (SSSR count). The summed E-state index contributed by atoms with van der Waals surface area (Å²) < 4.78 is 5.48. The molecule has 0 spiro atoms. The van der Waals surface area contributed by atoms with Crippen LogP contribution in [0.2, 0.25) is 0 Å². The first-order valence-corrected chi connectivity index (χ1v) is 8.64. The fourth-order valence-electron chi connectivity index (χ4n) is 2.66. The van der Waals surface area contributed by atoms with Crippen molar-refractivity contribution in [2.45, 2.75) is 29.4 Å². The first kappa shape index (κ1) is 17.0. The van der Waals surface area contributed by atoms with Crippen LogP contribution in [-0.4, -0.2) is 40.1 Å². The van der Waals surface area contributed by atoms with E-state index in [4.69, 9.17) is 16.4 Å². The lowest BCUT2D eigenvalue weighted by Gasteiger charge is -2.30. The van der Waals surface area contributed by atoms with E-state index in [-0.39, 0.29) is 5.69 Å². The van der Waals surface area contributed by atoms with Gasteiger partial charge < -0.3 is 9.64 Å². The Bertz CT molecular complexity index is 851. The second-order valence-electron chi connectivity index (χ2n) is 5.36. The van der Waals surface area contributed by atoms with E-state index in [2.05, 4.69) is 30.8 Å². The van der Waals surface area contributed by atoms with Gasteiger partial charge in [-0.3, -0.25) is 0 Å². The van der Waals surface area contributed by atoms with Crippen LogP contribution in [-0.2, 0) is 0 Å². The average Bonchev–Trinajstić information content (AvgIpc) is 2.68. The number of nitriles is 1. The smallest absolute Gasteiger partial charge is 0.242 e. The average molecular weight is 352 g/mol. The normalized spacial score (nSPS) is 13.8. The molecule has 1 aliphatic rings. The lowest BCUT2D eigenvalue weighted by Crippen LogP contribution is -2.31. The Morgan fingerprint density at radius 3 is 2.72 bits per heavy atom. The van der Waals surface area contributed by atoms with Crippen molar-refractivity contribution in [3.05, 3.63) is 23.8 Å². The number of aromatic nitrogens is 4. The van der Waals surface area contributed by atoms with Crippen LogP contribution in [0.5, 0.6) is 5.88 Å². The maximum Gasteiger partial charge on any atom is 0.242 e. The van der Waals surface area contributed by atoms with Crippen molar-refractivity contribution >= 4 is 17.4 Å². The van der Waals surface area contributed by atoms with Crippen molar-refractivity contribution in [1.82, 2.24) is 19.9 Å². The van der Waals surface area contributed by atoms with Crippen LogP contribution >= 0.6 is 11.8 Å². The summed E-state index contributed by atoms with van der Waals surface area (Å²) in [6.07, 6.45) is 10.5. The molecule has 1 fully saturated rings. The molecule has 0 amide bonds. The Labute approximate surface area is 150 Å². The van der Waals surface area contributed by atoms with Crippen molar-refractivity contribution in [3.63, 3.8) is 0 Å². The molecule has 0 saturated carbocycles. The number of hydrogen-bond donors (Lipinski definition) is 0. The summed E-state index contributed by atoms with van der Waals surface area (Å²) in [5.41, 5.74) is 1.56. The van der Waals surface area contributed by atoms with E-state index >= 15 is 0 Å². The van der Waals surface area contributed by atoms with Gasteiger partial charge >= 0.3 is 0 Å². The third kappa shape index (κ3) is 3.81. The fraction of sp³-hybridized carbons (Fsp3) is 0.353. The summed E-state index contributed by atoms with van der Waals surface area (Å²) in [4.78, 5) is 19.1. The van der Waals surface area contributed by atoms with Crippen LogP contribution in [0.15, 0.2) is 22.6 Å². The Kier molecular flexibility index (Phi) is 5.32. The molecule has 25 heavy (non-hydrogen) atoms. The predicted octanol–water partition coefficient (Wildman–Crippen LogP) is 2.27. The van der Waals surface area contributed by atoms with E-state index in [1.807, 2.05) is 6.07 Å². The lowest BCUT2D eigenvalue weighted by atomic mass is 10.1. The highest BCUT2D eigenvalue weighted by atomic mass is 32.2. The van der Waals surface area contributed by atoms with Crippen molar-refractivity contribution in [3.8, 4) is 24.3 Å². The van der Waals surface area contributed by atoms with E-state index in [1.54, 1.807) is 13.2 Å². The molecule has 0 aliphatic carbocycles. The van der Waals surface area contributed by atoms with Gasteiger partial charge in [0.25, 0.3) is 0 Å².